The summed E-state index contributed by atoms with van der Waals surface area (Å²) in [6, 6.07) is 13.5. The van der Waals surface area contributed by atoms with Crippen molar-refractivity contribution >= 4 is 23.3 Å². The minimum atomic E-state index is -0.307. The summed E-state index contributed by atoms with van der Waals surface area (Å²) in [5.41, 5.74) is 2.18. The van der Waals surface area contributed by atoms with E-state index < -0.39 is 0 Å². The topological polar surface area (TPSA) is 46.9 Å². The lowest BCUT2D eigenvalue weighted by atomic mass is 10.1. The van der Waals surface area contributed by atoms with Crippen molar-refractivity contribution in [3.05, 3.63) is 82.3 Å². The molecule has 0 saturated carbocycles. The zero-order valence-corrected chi connectivity index (χ0v) is 13.7. The summed E-state index contributed by atoms with van der Waals surface area (Å²) in [6.07, 6.45) is 1.60. The Morgan fingerprint density at radius 3 is 2.79 bits per heavy atom. The van der Waals surface area contributed by atoms with Gasteiger partial charge in [-0.05, 0) is 36.2 Å². The number of hydrogen-bond donors (Lipinski definition) is 1. The predicted octanol–water partition coefficient (Wildman–Crippen LogP) is 4.28. The number of carbonyl (C=O) groups excluding carboxylic acids is 1. The van der Waals surface area contributed by atoms with Crippen LogP contribution in [0.15, 0.2) is 54.7 Å². The van der Waals surface area contributed by atoms with Crippen molar-refractivity contribution in [2.24, 2.45) is 0 Å². The molecule has 0 spiro atoms. The van der Waals surface area contributed by atoms with E-state index in [4.69, 9.17) is 11.6 Å². The van der Waals surface area contributed by atoms with Gasteiger partial charge in [-0.25, -0.2) is 4.39 Å². The van der Waals surface area contributed by atoms with Crippen molar-refractivity contribution in [1.82, 2.24) is 9.78 Å². The van der Waals surface area contributed by atoms with Crippen LogP contribution in [0.5, 0.6) is 0 Å². The van der Waals surface area contributed by atoms with Crippen molar-refractivity contribution in [2.75, 3.05) is 5.32 Å². The van der Waals surface area contributed by atoms with Gasteiger partial charge in [-0.1, -0.05) is 41.9 Å². The molecule has 2 aromatic carbocycles. The van der Waals surface area contributed by atoms with Gasteiger partial charge in [-0.3, -0.25) is 9.48 Å². The van der Waals surface area contributed by atoms with E-state index in [2.05, 4.69) is 10.4 Å². The van der Waals surface area contributed by atoms with E-state index in [9.17, 15) is 9.18 Å². The molecule has 0 saturated heterocycles. The Labute approximate surface area is 143 Å². The molecule has 0 aliphatic rings. The van der Waals surface area contributed by atoms with Crippen LogP contribution < -0.4 is 5.32 Å². The molecule has 24 heavy (non-hydrogen) atoms. The van der Waals surface area contributed by atoms with Gasteiger partial charge in [0.2, 0.25) is 0 Å². The lowest BCUT2D eigenvalue weighted by Gasteiger charge is -2.05. The van der Waals surface area contributed by atoms with E-state index in [1.807, 2.05) is 19.1 Å². The van der Waals surface area contributed by atoms with E-state index in [0.29, 0.717) is 17.1 Å². The maximum Gasteiger partial charge on any atom is 0.257 e. The van der Waals surface area contributed by atoms with E-state index in [0.717, 1.165) is 11.1 Å². The normalized spacial score (nSPS) is 10.6. The first-order chi connectivity index (χ1) is 11.5. The molecule has 1 heterocycles. The highest BCUT2D eigenvalue weighted by molar-refractivity contribution is 6.33. The van der Waals surface area contributed by atoms with Gasteiger partial charge in [0.15, 0.2) is 5.82 Å². The van der Waals surface area contributed by atoms with E-state index in [1.54, 1.807) is 35.1 Å². The minimum Gasteiger partial charge on any atom is -0.304 e. The van der Waals surface area contributed by atoms with Crippen LogP contribution in [0.1, 0.15) is 21.5 Å². The van der Waals surface area contributed by atoms with Gasteiger partial charge in [-0.2, -0.15) is 5.10 Å². The van der Waals surface area contributed by atoms with Gasteiger partial charge in [0, 0.05) is 11.8 Å². The largest absolute Gasteiger partial charge is 0.304 e. The molecular weight excluding hydrogens is 329 g/mol. The van der Waals surface area contributed by atoms with Crippen LogP contribution in [-0.2, 0) is 6.54 Å². The molecule has 0 aliphatic heterocycles. The first-order valence-corrected chi connectivity index (χ1v) is 7.75. The first-order valence-electron chi connectivity index (χ1n) is 7.37. The lowest BCUT2D eigenvalue weighted by Crippen LogP contribution is -2.14. The summed E-state index contributed by atoms with van der Waals surface area (Å²) in [6.45, 7) is 2.22. The molecule has 3 aromatic rings. The third kappa shape index (κ3) is 3.63. The standard InChI is InChI=1S/C18H15ClFN3O/c1-12-5-2-3-8-15(12)18(24)21-17-16(19)11-23(22-17)10-13-6-4-7-14(20)9-13/h2-9,11H,10H2,1H3,(H,21,22,24). The van der Waals surface area contributed by atoms with Gasteiger partial charge in [0.25, 0.3) is 5.91 Å². The Balaban J connectivity index is 1.77. The SMILES string of the molecule is Cc1ccccc1C(=O)Nc1nn(Cc2cccc(F)c2)cc1Cl. The predicted molar refractivity (Wildman–Crippen MR) is 91.9 cm³/mol. The van der Waals surface area contributed by atoms with Crippen LogP contribution in [0.4, 0.5) is 10.2 Å². The quantitative estimate of drug-likeness (QED) is 0.768. The van der Waals surface area contributed by atoms with Crippen molar-refractivity contribution in [3.8, 4) is 0 Å². The van der Waals surface area contributed by atoms with Crippen molar-refractivity contribution in [2.45, 2.75) is 13.5 Å². The third-order valence-electron chi connectivity index (χ3n) is 3.57. The molecule has 122 valence electrons. The van der Waals surface area contributed by atoms with Crippen LogP contribution in [-0.4, -0.2) is 15.7 Å². The minimum absolute atomic E-state index is 0.272. The molecule has 0 radical (unpaired) electrons. The van der Waals surface area contributed by atoms with Gasteiger partial charge in [0.1, 0.15) is 10.8 Å². The van der Waals surface area contributed by atoms with Crippen LogP contribution in [0, 0.1) is 12.7 Å². The average molecular weight is 344 g/mol. The zero-order valence-electron chi connectivity index (χ0n) is 13.0. The fourth-order valence-electron chi connectivity index (χ4n) is 2.39. The molecule has 0 fully saturated rings. The molecule has 0 bridgehead atoms. The maximum atomic E-state index is 13.2. The average Bonchev–Trinajstić information content (AvgIpc) is 2.87. The zero-order chi connectivity index (χ0) is 17.1. The molecule has 1 N–H and O–H groups in total. The molecule has 0 atom stereocenters. The van der Waals surface area contributed by atoms with E-state index in [1.165, 1.54) is 12.1 Å². The Morgan fingerprint density at radius 1 is 1.25 bits per heavy atom. The summed E-state index contributed by atoms with van der Waals surface area (Å²) < 4.78 is 14.8. The number of amides is 1. The second kappa shape index (κ2) is 6.84. The summed E-state index contributed by atoms with van der Waals surface area (Å²) >= 11 is 6.14. The third-order valence-corrected chi connectivity index (χ3v) is 3.85. The summed E-state index contributed by atoms with van der Waals surface area (Å²) in [7, 11) is 0. The van der Waals surface area contributed by atoms with Gasteiger partial charge in [0.05, 0.1) is 6.54 Å². The highest BCUT2D eigenvalue weighted by atomic mass is 35.5. The van der Waals surface area contributed by atoms with E-state index >= 15 is 0 Å². The Hall–Kier alpha value is -2.66. The molecule has 1 aromatic heterocycles. The number of nitrogens with zero attached hydrogens (tertiary/aromatic N) is 2. The smallest absolute Gasteiger partial charge is 0.257 e. The Morgan fingerprint density at radius 2 is 2.04 bits per heavy atom. The molecule has 6 heteroatoms. The fourth-order valence-corrected chi connectivity index (χ4v) is 2.59. The number of aryl methyl sites for hydroxylation is 1. The lowest BCUT2D eigenvalue weighted by molar-refractivity contribution is 0.102. The van der Waals surface area contributed by atoms with Crippen molar-refractivity contribution in [1.29, 1.82) is 0 Å². The maximum absolute atomic E-state index is 13.2. The van der Waals surface area contributed by atoms with Gasteiger partial charge in [-0.15, -0.1) is 0 Å². The molecule has 3 rings (SSSR count). The monoisotopic (exact) mass is 343 g/mol. The Kier molecular flexibility index (Phi) is 4.62. The highest BCUT2D eigenvalue weighted by Crippen LogP contribution is 2.21. The number of anilines is 1. The number of aromatic nitrogens is 2. The molecule has 0 aliphatic carbocycles. The second-order valence-electron chi connectivity index (χ2n) is 5.42. The van der Waals surface area contributed by atoms with Crippen LogP contribution in [0.3, 0.4) is 0 Å². The summed E-state index contributed by atoms with van der Waals surface area (Å²) in [5, 5.41) is 7.30. The van der Waals surface area contributed by atoms with Crippen molar-refractivity contribution in [3.63, 3.8) is 0 Å². The van der Waals surface area contributed by atoms with Crippen LogP contribution in [0.25, 0.3) is 0 Å². The summed E-state index contributed by atoms with van der Waals surface area (Å²) in [4.78, 5) is 12.3. The molecule has 0 unspecified atom stereocenters. The summed E-state index contributed by atoms with van der Waals surface area (Å²) in [5.74, 6) is -0.300. The number of hydrogen-bond acceptors (Lipinski definition) is 2. The van der Waals surface area contributed by atoms with Crippen LogP contribution >= 0.6 is 11.6 Å². The molecule has 1 amide bonds. The second-order valence-corrected chi connectivity index (χ2v) is 5.83. The number of halogens is 2. The van der Waals surface area contributed by atoms with Crippen molar-refractivity contribution < 1.29 is 9.18 Å². The number of rotatable bonds is 4. The number of carbonyl (C=O) groups is 1. The van der Waals surface area contributed by atoms with Gasteiger partial charge < -0.3 is 5.32 Å². The van der Waals surface area contributed by atoms with Gasteiger partial charge >= 0.3 is 0 Å². The molecule has 4 nitrogen and oxygen atoms in total. The Bertz CT molecular complexity index is 891. The molecular formula is C18H15ClFN3O. The van der Waals surface area contributed by atoms with E-state index in [-0.39, 0.29) is 17.5 Å². The number of benzene rings is 2. The first kappa shape index (κ1) is 16.2. The highest BCUT2D eigenvalue weighted by Gasteiger charge is 2.14. The number of nitrogens with one attached hydrogen (secondary N) is 1. The van der Waals surface area contributed by atoms with Crippen LogP contribution in [0.2, 0.25) is 5.02 Å². The fraction of sp³-hybridized carbons (Fsp3) is 0.111.